The molecule has 2 heterocycles. The minimum Gasteiger partial charge on any atom is -0.378 e. The van der Waals surface area contributed by atoms with Gasteiger partial charge in [-0.1, -0.05) is 0 Å². The van der Waals surface area contributed by atoms with E-state index in [0.717, 1.165) is 41.1 Å². The van der Waals surface area contributed by atoms with E-state index in [0.29, 0.717) is 12.1 Å². The number of aromatic nitrogens is 3. The monoisotopic (exact) mass is 263 g/mol. The van der Waals surface area contributed by atoms with Crippen molar-refractivity contribution in [3.8, 4) is 0 Å². The van der Waals surface area contributed by atoms with E-state index >= 15 is 0 Å². The quantitative estimate of drug-likeness (QED) is 0.865. The molecule has 5 heteroatoms. The number of nitrogens with one attached hydrogen (secondary N) is 1. The Morgan fingerprint density at radius 2 is 2.28 bits per heavy atom. The predicted molar refractivity (Wildman–Crippen MR) is 73.3 cm³/mol. The molecule has 18 heavy (non-hydrogen) atoms. The van der Waals surface area contributed by atoms with E-state index in [1.54, 1.807) is 0 Å². The SMILES string of the molecule is CCOC1CC(n2c(=S)[nH]c3ccc(C)nc32)C1. The highest BCUT2D eigenvalue weighted by atomic mass is 32.1. The molecule has 0 aromatic carbocycles. The first-order valence-corrected chi connectivity index (χ1v) is 6.79. The lowest BCUT2D eigenvalue weighted by molar-refractivity contribution is -0.0191. The van der Waals surface area contributed by atoms with Gasteiger partial charge in [0.1, 0.15) is 0 Å². The average Bonchev–Trinajstić information content (AvgIpc) is 2.59. The topological polar surface area (TPSA) is 42.8 Å². The first kappa shape index (κ1) is 11.9. The summed E-state index contributed by atoms with van der Waals surface area (Å²) >= 11 is 5.40. The molecule has 0 spiro atoms. The molecule has 1 saturated carbocycles. The summed E-state index contributed by atoms with van der Waals surface area (Å²) in [6, 6.07) is 4.47. The standard InChI is InChI=1S/C13H17N3OS/c1-3-17-10-6-9(7-10)16-12-11(15-13(16)18)5-4-8(2)14-12/h4-5,9-10H,3,6-7H2,1-2H3,(H,15,18). The van der Waals surface area contributed by atoms with E-state index in [1.807, 2.05) is 26.0 Å². The molecule has 0 bridgehead atoms. The lowest BCUT2D eigenvalue weighted by Crippen LogP contribution is -2.33. The maximum absolute atomic E-state index is 5.60. The van der Waals surface area contributed by atoms with Crippen molar-refractivity contribution in [2.75, 3.05) is 6.61 Å². The van der Waals surface area contributed by atoms with Crippen molar-refractivity contribution in [1.82, 2.24) is 14.5 Å². The van der Waals surface area contributed by atoms with Crippen molar-refractivity contribution in [3.63, 3.8) is 0 Å². The van der Waals surface area contributed by atoms with Crippen LogP contribution in [0.4, 0.5) is 0 Å². The summed E-state index contributed by atoms with van der Waals surface area (Å²) in [5.74, 6) is 0. The zero-order valence-corrected chi connectivity index (χ0v) is 11.5. The number of rotatable bonds is 3. The van der Waals surface area contributed by atoms with Gasteiger partial charge in [-0.25, -0.2) is 4.98 Å². The molecule has 2 aromatic rings. The molecule has 0 radical (unpaired) electrons. The third-order valence-corrected chi connectivity index (χ3v) is 3.84. The molecule has 0 amide bonds. The smallest absolute Gasteiger partial charge is 0.179 e. The maximum atomic E-state index is 5.60. The van der Waals surface area contributed by atoms with E-state index in [4.69, 9.17) is 17.0 Å². The normalized spacial score (nSPS) is 23.2. The molecule has 0 atom stereocenters. The molecule has 3 rings (SSSR count). The van der Waals surface area contributed by atoms with Crippen LogP contribution in [0.5, 0.6) is 0 Å². The summed E-state index contributed by atoms with van der Waals surface area (Å²) in [5, 5.41) is 0. The molecule has 1 N–H and O–H groups in total. The largest absolute Gasteiger partial charge is 0.378 e. The molecule has 0 saturated heterocycles. The summed E-state index contributed by atoms with van der Waals surface area (Å²) in [4.78, 5) is 7.82. The number of aromatic amines is 1. The van der Waals surface area contributed by atoms with E-state index in [2.05, 4.69) is 14.5 Å². The van der Waals surface area contributed by atoms with Crippen LogP contribution in [-0.4, -0.2) is 27.2 Å². The molecule has 2 aromatic heterocycles. The van der Waals surface area contributed by atoms with Gasteiger partial charge in [0, 0.05) is 18.3 Å². The first-order chi connectivity index (χ1) is 8.69. The van der Waals surface area contributed by atoms with Crippen LogP contribution >= 0.6 is 12.2 Å². The third-order valence-electron chi connectivity index (χ3n) is 3.54. The second-order valence-corrected chi connectivity index (χ2v) is 5.21. The van der Waals surface area contributed by atoms with Crippen molar-refractivity contribution >= 4 is 23.4 Å². The average molecular weight is 263 g/mol. The van der Waals surface area contributed by atoms with Crippen molar-refractivity contribution in [3.05, 3.63) is 22.6 Å². The molecule has 0 unspecified atom stereocenters. The van der Waals surface area contributed by atoms with Crippen molar-refractivity contribution in [2.45, 2.75) is 38.8 Å². The van der Waals surface area contributed by atoms with Crippen LogP contribution in [0.25, 0.3) is 11.2 Å². The Kier molecular flexibility index (Phi) is 2.95. The Morgan fingerprint density at radius 3 is 3.00 bits per heavy atom. The number of hydrogen-bond donors (Lipinski definition) is 1. The number of H-pyrrole nitrogens is 1. The van der Waals surface area contributed by atoms with Crippen LogP contribution in [0, 0.1) is 11.7 Å². The van der Waals surface area contributed by atoms with Crippen LogP contribution in [0.3, 0.4) is 0 Å². The minimum atomic E-state index is 0.386. The number of nitrogens with zero attached hydrogens (tertiary/aromatic N) is 2. The van der Waals surface area contributed by atoms with E-state index in [9.17, 15) is 0 Å². The van der Waals surface area contributed by atoms with Gasteiger partial charge in [0.05, 0.1) is 11.6 Å². The number of hydrogen-bond acceptors (Lipinski definition) is 3. The van der Waals surface area contributed by atoms with E-state index < -0.39 is 0 Å². The Morgan fingerprint density at radius 1 is 1.50 bits per heavy atom. The van der Waals surface area contributed by atoms with Gasteiger partial charge in [-0.2, -0.15) is 0 Å². The van der Waals surface area contributed by atoms with Crippen molar-refractivity contribution in [2.24, 2.45) is 0 Å². The van der Waals surface area contributed by atoms with E-state index in [-0.39, 0.29) is 0 Å². The van der Waals surface area contributed by atoms with Gasteiger partial charge in [0.2, 0.25) is 0 Å². The van der Waals surface area contributed by atoms with Gasteiger partial charge in [-0.3, -0.25) is 4.57 Å². The minimum absolute atomic E-state index is 0.386. The second-order valence-electron chi connectivity index (χ2n) is 4.83. The molecule has 1 aliphatic rings. The Bertz CT molecular complexity index is 625. The lowest BCUT2D eigenvalue weighted by atomic mass is 9.89. The van der Waals surface area contributed by atoms with Crippen LogP contribution in [-0.2, 0) is 4.74 Å². The van der Waals surface area contributed by atoms with Gasteiger partial charge in [0.25, 0.3) is 0 Å². The first-order valence-electron chi connectivity index (χ1n) is 6.38. The Hall–Kier alpha value is -1.20. The van der Waals surface area contributed by atoms with Gasteiger partial charge in [0.15, 0.2) is 10.4 Å². The van der Waals surface area contributed by atoms with Gasteiger partial charge >= 0.3 is 0 Å². The van der Waals surface area contributed by atoms with Crippen LogP contribution in [0.2, 0.25) is 0 Å². The highest BCUT2D eigenvalue weighted by molar-refractivity contribution is 7.71. The maximum Gasteiger partial charge on any atom is 0.179 e. The highest BCUT2D eigenvalue weighted by Crippen LogP contribution is 2.36. The highest BCUT2D eigenvalue weighted by Gasteiger charge is 2.32. The van der Waals surface area contributed by atoms with Crippen LogP contribution in [0.1, 0.15) is 31.5 Å². The molecule has 4 nitrogen and oxygen atoms in total. The lowest BCUT2D eigenvalue weighted by Gasteiger charge is -2.35. The summed E-state index contributed by atoms with van der Waals surface area (Å²) < 4.78 is 8.52. The summed E-state index contributed by atoms with van der Waals surface area (Å²) in [6.07, 6.45) is 2.45. The van der Waals surface area contributed by atoms with Crippen LogP contribution in [0.15, 0.2) is 12.1 Å². The van der Waals surface area contributed by atoms with Crippen LogP contribution < -0.4 is 0 Å². The zero-order chi connectivity index (χ0) is 12.7. The number of pyridine rings is 1. The molecule has 1 fully saturated rings. The molecular weight excluding hydrogens is 246 g/mol. The fourth-order valence-electron chi connectivity index (χ4n) is 2.56. The number of imidazole rings is 1. The number of fused-ring (bicyclic) bond motifs is 1. The van der Waals surface area contributed by atoms with Crippen molar-refractivity contribution in [1.29, 1.82) is 0 Å². The summed E-state index contributed by atoms with van der Waals surface area (Å²) in [6.45, 7) is 4.83. The predicted octanol–water partition coefficient (Wildman–Crippen LogP) is 3.14. The second kappa shape index (κ2) is 4.48. The molecule has 1 aliphatic carbocycles. The Balaban J connectivity index is 1.95. The number of ether oxygens (including phenoxy) is 1. The Labute approximate surface area is 111 Å². The van der Waals surface area contributed by atoms with Gasteiger partial charge in [-0.15, -0.1) is 0 Å². The zero-order valence-electron chi connectivity index (χ0n) is 10.6. The molecule has 0 aliphatic heterocycles. The number of aryl methyl sites for hydroxylation is 1. The van der Waals surface area contributed by atoms with Gasteiger partial charge in [-0.05, 0) is 51.0 Å². The van der Waals surface area contributed by atoms with Gasteiger partial charge < -0.3 is 9.72 Å². The van der Waals surface area contributed by atoms with Crippen molar-refractivity contribution < 1.29 is 4.74 Å². The molecule has 96 valence electrons. The third kappa shape index (κ3) is 1.87. The summed E-state index contributed by atoms with van der Waals surface area (Å²) in [5.41, 5.74) is 3.01. The fourth-order valence-corrected chi connectivity index (χ4v) is 2.90. The molecular formula is C13H17N3OS. The van der Waals surface area contributed by atoms with E-state index in [1.165, 1.54) is 0 Å². The summed E-state index contributed by atoms with van der Waals surface area (Å²) in [7, 11) is 0. The fraction of sp³-hybridized carbons (Fsp3) is 0.538.